The molecule has 0 saturated heterocycles. The predicted octanol–water partition coefficient (Wildman–Crippen LogP) is 4.58. The van der Waals surface area contributed by atoms with Crippen LogP contribution in [0.2, 0.25) is 5.02 Å². The van der Waals surface area contributed by atoms with Crippen molar-refractivity contribution in [2.75, 3.05) is 11.9 Å². The van der Waals surface area contributed by atoms with Crippen molar-refractivity contribution in [1.29, 1.82) is 0 Å². The molecule has 0 saturated carbocycles. The number of aliphatic imine (C=N–C) groups is 1. The Balaban J connectivity index is 1.80. The van der Waals surface area contributed by atoms with E-state index in [1.165, 1.54) is 6.07 Å². The molecule has 1 aromatic heterocycles. The Morgan fingerprint density at radius 3 is 2.61 bits per heavy atom. The van der Waals surface area contributed by atoms with E-state index in [1.54, 1.807) is 37.3 Å². The lowest BCUT2D eigenvalue weighted by molar-refractivity contribution is 0.0976. The number of carbonyl (C=O) groups excluding carboxylic acids is 1. The first-order valence-electron chi connectivity index (χ1n) is 9.88. The Kier molecular flexibility index (Phi) is 7.07. The summed E-state index contributed by atoms with van der Waals surface area (Å²) in [6.07, 6.45) is 0.668. The number of rotatable bonds is 5. The van der Waals surface area contributed by atoms with Crippen molar-refractivity contribution in [3.63, 3.8) is 0 Å². The van der Waals surface area contributed by atoms with Crippen LogP contribution in [0.1, 0.15) is 32.9 Å². The third-order valence-corrected chi connectivity index (χ3v) is 5.28. The van der Waals surface area contributed by atoms with Gasteiger partial charge >= 0.3 is 0 Å². The van der Waals surface area contributed by atoms with Gasteiger partial charge in [0.15, 0.2) is 0 Å². The van der Waals surface area contributed by atoms with E-state index in [9.17, 15) is 9.18 Å². The van der Waals surface area contributed by atoms with Crippen LogP contribution in [0.5, 0.6) is 0 Å². The van der Waals surface area contributed by atoms with E-state index in [4.69, 9.17) is 11.6 Å². The highest BCUT2D eigenvalue weighted by Crippen LogP contribution is 2.16. The molecule has 0 fully saturated rings. The van der Waals surface area contributed by atoms with E-state index >= 15 is 0 Å². The number of nitrogens with zero attached hydrogens (tertiary/aromatic N) is 3. The second-order valence-corrected chi connectivity index (χ2v) is 7.74. The van der Waals surface area contributed by atoms with Crippen molar-refractivity contribution in [1.82, 2.24) is 15.1 Å². The SMILES string of the molecule is Cc1ccc(C(=O)NC(=NCCc2c(C)nn(C)c2C)Nc2cccc(Cl)c2)cc1F. The molecule has 0 unspecified atom stereocenters. The molecule has 3 rings (SSSR count). The maximum absolute atomic E-state index is 13.9. The summed E-state index contributed by atoms with van der Waals surface area (Å²) in [6, 6.07) is 11.4. The number of anilines is 1. The Labute approximate surface area is 186 Å². The third kappa shape index (κ3) is 5.70. The maximum atomic E-state index is 13.9. The maximum Gasteiger partial charge on any atom is 0.258 e. The van der Waals surface area contributed by atoms with E-state index in [0.717, 1.165) is 17.0 Å². The number of carbonyl (C=O) groups is 1. The van der Waals surface area contributed by atoms with E-state index in [0.29, 0.717) is 29.2 Å². The van der Waals surface area contributed by atoms with Gasteiger partial charge in [0.25, 0.3) is 5.91 Å². The molecule has 31 heavy (non-hydrogen) atoms. The molecule has 0 aliphatic heterocycles. The van der Waals surface area contributed by atoms with Gasteiger partial charge in [0, 0.05) is 35.6 Å². The van der Waals surface area contributed by atoms with Crippen LogP contribution in [0.3, 0.4) is 0 Å². The standard InChI is InChI=1S/C23H25ClFN5O/c1-14-8-9-17(12-21(14)25)22(31)28-23(27-19-7-5-6-18(24)13-19)26-11-10-20-15(2)29-30(4)16(20)3/h5-9,12-13H,10-11H2,1-4H3,(H2,26,27,28,31). The second-order valence-electron chi connectivity index (χ2n) is 7.31. The average Bonchev–Trinajstić information content (AvgIpc) is 2.95. The smallest absolute Gasteiger partial charge is 0.258 e. The zero-order chi connectivity index (χ0) is 22.5. The number of guanidine groups is 1. The summed E-state index contributed by atoms with van der Waals surface area (Å²) < 4.78 is 15.7. The Morgan fingerprint density at radius 1 is 1.19 bits per heavy atom. The number of amides is 1. The van der Waals surface area contributed by atoms with Crippen molar-refractivity contribution >= 4 is 29.2 Å². The quantitative estimate of drug-likeness (QED) is 0.449. The van der Waals surface area contributed by atoms with Gasteiger partial charge < -0.3 is 5.32 Å². The highest BCUT2D eigenvalue weighted by Gasteiger charge is 2.13. The molecule has 1 heterocycles. The number of nitrogens with one attached hydrogen (secondary N) is 2. The van der Waals surface area contributed by atoms with Crippen LogP contribution in [-0.2, 0) is 13.5 Å². The third-order valence-electron chi connectivity index (χ3n) is 5.04. The predicted molar refractivity (Wildman–Crippen MR) is 122 cm³/mol. The van der Waals surface area contributed by atoms with Gasteiger partial charge in [-0.05, 0) is 68.7 Å². The van der Waals surface area contributed by atoms with Crippen LogP contribution in [-0.4, -0.2) is 28.2 Å². The molecule has 6 nitrogen and oxygen atoms in total. The minimum atomic E-state index is -0.457. The van der Waals surface area contributed by atoms with E-state index in [2.05, 4.69) is 20.7 Å². The lowest BCUT2D eigenvalue weighted by atomic mass is 10.1. The number of halogens is 2. The molecule has 0 aliphatic carbocycles. The van der Waals surface area contributed by atoms with E-state index < -0.39 is 11.7 Å². The number of hydrogen-bond donors (Lipinski definition) is 2. The van der Waals surface area contributed by atoms with E-state index in [1.807, 2.05) is 31.6 Å². The topological polar surface area (TPSA) is 71.3 Å². The van der Waals surface area contributed by atoms with Gasteiger partial charge in [0.05, 0.1) is 5.69 Å². The first-order chi connectivity index (χ1) is 14.7. The highest BCUT2D eigenvalue weighted by atomic mass is 35.5. The van der Waals surface area contributed by atoms with Crippen molar-refractivity contribution in [2.24, 2.45) is 12.0 Å². The lowest BCUT2D eigenvalue weighted by Crippen LogP contribution is -2.36. The summed E-state index contributed by atoms with van der Waals surface area (Å²) >= 11 is 6.07. The van der Waals surface area contributed by atoms with Gasteiger partial charge in [0.1, 0.15) is 5.82 Å². The van der Waals surface area contributed by atoms with Crippen LogP contribution in [0.25, 0.3) is 0 Å². The van der Waals surface area contributed by atoms with Gasteiger partial charge in [-0.2, -0.15) is 5.10 Å². The Bertz CT molecular complexity index is 1140. The van der Waals surface area contributed by atoms with Crippen LogP contribution < -0.4 is 10.6 Å². The fourth-order valence-corrected chi connectivity index (χ4v) is 3.38. The molecule has 162 valence electrons. The number of aromatic nitrogens is 2. The Morgan fingerprint density at radius 2 is 1.97 bits per heavy atom. The normalized spacial score (nSPS) is 11.5. The van der Waals surface area contributed by atoms with Crippen molar-refractivity contribution in [2.45, 2.75) is 27.2 Å². The van der Waals surface area contributed by atoms with Gasteiger partial charge in [-0.25, -0.2) is 4.39 Å². The summed E-state index contributed by atoms with van der Waals surface area (Å²) in [7, 11) is 1.90. The summed E-state index contributed by atoms with van der Waals surface area (Å²) in [6.45, 7) is 6.05. The molecular weight excluding hydrogens is 417 g/mol. The molecule has 0 spiro atoms. The largest absolute Gasteiger partial charge is 0.326 e. The molecule has 0 atom stereocenters. The molecule has 2 aromatic carbocycles. The second kappa shape index (κ2) is 9.75. The van der Waals surface area contributed by atoms with Gasteiger partial charge in [0.2, 0.25) is 5.96 Å². The van der Waals surface area contributed by atoms with Crippen molar-refractivity contribution in [3.8, 4) is 0 Å². The van der Waals surface area contributed by atoms with Crippen LogP contribution in [0.15, 0.2) is 47.5 Å². The van der Waals surface area contributed by atoms with Gasteiger partial charge in [-0.15, -0.1) is 0 Å². The first-order valence-corrected chi connectivity index (χ1v) is 10.3. The molecule has 0 aliphatic rings. The molecule has 2 N–H and O–H groups in total. The van der Waals surface area contributed by atoms with Crippen LogP contribution in [0, 0.1) is 26.6 Å². The fraction of sp³-hybridized carbons (Fsp3) is 0.261. The molecule has 1 amide bonds. The Hall–Kier alpha value is -3.19. The zero-order valence-corrected chi connectivity index (χ0v) is 18.7. The minimum absolute atomic E-state index is 0.211. The van der Waals surface area contributed by atoms with Crippen molar-refractivity contribution < 1.29 is 9.18 Å². The van der Waals surface area contributed by atoms with Crippen LogP contribution in [0.4, 0.5) is 10.1 Å². The number of aryl methyl sites for hydroxylation is 3. The number of hydrogen-bond acceptors (Lipinski definition) is 3. The average molecular weight is 442 g/mol. The van der Waals surface area contributed by atoms with Gasteiger partial charge in [-0.3, -0.25) is 19.8 Å². The molecular formula is C23H25ClFN5O. The molecule has 0 radical (unpaired) electrons. The minimum Gasteiger partial charge on any atom is -0.326 e. The molecule has 8 heteroatoms. The number of benzene rings is 2. The summed E-state index contributed by atoms with van der Waals surface area (Å²) in [4.78, 5) is 17.2. The lowest BCUT2D eigenvalue weighted by Gasteiger charge is -2.12. The summed E-state index contributed by atoms with van der Waals surface area (Å²) in [5.74, 6) is -0.634. The van der Waals surface area contributed by atoms with Crippen molar-refractivity contribution in [3.05, 3.63) is 81.4 Å². The highest BCUT2D eigenvalue weighted by molar-refractivity contribution is 6.31. The van der Waals surface area contributed by atoms with Gasteiger partial charge in [-0.1, -0.05) is 23.7 Å². The monoisotopic (exact) mass is 441 g/mol. The first kappa shape index (κ1) is 22.5. The summed E-state index contributed by atoms with van der Waals surface area (Å²) in [5, 5.41) is 10.8. The fourth-order valence-electron chi connectivity index (χ4n) is 3.19. The zero-order valence-electron chi connectivity index (χ0n) is 18.0. The van der Waals surface area contributed by atoms with E-state index in [-0.39, 0.29) is 11.5 Å². The van der Waals surface area contributed by atoms with Crippen LogP contribution >= 0.6 is 11.6 Å². The molecule has 0 bridgehead atoms. The molecule has 3 aromatic rings. The summed E-state index contributed by atoms with van der Waals surface area (Å²) in [5.41, 5.74) is 4.53.